The highest BCUT2D eigenvalue weighted by Crippen LogP contribution is 2.26. The van der Waals surface area contributed by atoms with Crippen molar-refractivity contribution in [1.29, 1.82) is 0 Å². The van der Waals surface area contributed by atoms with Crippen LogP contribution < -0.4 is 5.32 Å². The topological polar surface area (TPSA) is 84.9 Å². The van der Waals surface area contributed by atoms with E-state index in [1.807, 2.05) is 0 Å². The highest BCUT2D eigenvalue weighted by Gasteiger charge is 2.45. The molecular weight excluding hydrogens is 367 g/mol. The van der Waals surface area contributed by atoms with Gasteiger partial charge in [0.25, 0.3) is 0 Å². The van der Waals surface area contributed by atoms with Gasteiger partial charge in [-0.2, -0.15) is 0 Å². The first-order valence-electron chi connectivity index (χ1n) is 9.18. The molecule has 7 nitrogen and oxygen atoms in total. The van der Waals surface area contributed by atoms with E-state index >= 15 is 0 Å². The van der Waals surface area contributed by atoms with Crippen LogP contribution in [0.15, 0.2) is 24.3 Å². The van der Waals surface area contributed by atoms with Crippen LogP contribution >= 0.6 is 0 Å². The summed E-state index contributed by atoms with van der Waals surface area (Å²) in [4.78, 5) is 38.4. The number of methoxy groups -OCH3 is 1. The molecule has 1 aliphatic rings. The predicted octanol–water partition coefficient (Wildman–Crippen LogP) is 2.14. The molecule has 0 aliphatic carbocycles. The van der Waals surface area contributed by atoms with Crippen LogP contribution in [0.25, 0.3) is 0 Å². The Balaban J connectivity index is 1.97. The molecule has 0 spiro atoms. The van der Waals surface area contributed by atoms with Crippen molar-refractivity contribution in [2.75, 3.05) is 26.7 Å². The van der Waals surface area contributed by atoms with Gasteiger partial charge in [0, 0.05) is 19.6 Å². The molecule has 1 heterocycles. The number of carbonyl (C=O) groups excluding carboxylic acids is 3. The smallest absolute Gasteiger partial charge is 0.410 e. The Bertz CT molecular complexity index is 714. The number of esters is 1. The molecule has 2 rings (SSSR count). The van der Waals surface area contributed by atoms with Crippen LogP contribution in [0.2, 0.25) is 0 Å². The third-order valence-corrected chi connectivity index (χ3v) is 4.44. The van der Waals surface area contributed by atoms with Crippen LogP contribution in [-0.4, -0.2) is 55.2 Å². The molecule has 0 saturated carbocycles. The number of hydrogen-bond acceptors (Lipinski definition) is 5. The van der Waals surface area contributed by atoms with Crippen LogP contribution in [0.5, 0.6) is 0 Å². The van der Waals surface area contributed by atoms with Crippen LogP contribution in [-0.2, 0) is 25.5 Å². The van der Waals surface area contributed by atoms with Crippen LogP contribution in [0, 0.1) is 17.7 Å². The van der Waals surface area contributed by atoms with Crippen molar-refractivity contribution >= 4 is 18.0 Å². The SMILES string of the molecule is COC(=O)[C@H]1CN(C(=O)OC(C)(C)C)C[C@@H]1C(=O)NCCc1ccc(F)cc1. The van der Waals surface area contributed by atoms with E-state index in [-0.39, 0.29) is 24.8 Å². The summed E-state index contributed by atoms with van der Waals surface area (Å²) in [5.41, 5.74) is 0.209. The Morgan fingerprint density at radius 1 is 1.14 bits per heavy atom. The van der Waals surface area contributed by atoms with E-state index in [1.165, 1.54) is 24.1 Å². The van der Waals surface area contributed by atoms with Crippen LogP contribution in [0.4, 0.5) is 9.18 Å². The molecule has 8 heteroatoms. The van der Waals surface area contributed by atoms with Crippen molar-refractivity contribution in [3.8, 4) is 0 Å². The molecule has 2 atom stereocenters. The normalized spacial score (nSPS) is 19.2. The zero-order chi connectivity index (χ0) is 20.9. The van der Waals surface area contributed by atoms with E-state index in [9.17, 15) is 18.8 Å². The fourth-order valence-electron chi connectivity index (χ4n) is 3.05. The van der Waals surface area contributed by atoms with Gasteiger partial charge in [-0.1, -0.05) is 12.1 Å². The molecule has 0 bridgehead atoms. The van der Waals surface area contributed by atoms with Gasteiger partial charge in [-0.3, -0.25) is 9.59 Å². The van der Waals surface area contributed by atoms with Crippen molar-refractivity contribution in [3.63, 3.8) is 0 Å². The first kappa shape index (κ1) is 21.7. The maximum absolute atomic E-state index is 12.9. The number of carbonyl (C=O) groups is 3. The number of amides is 2. The lowest BCUT2D eigenvalue weighted by Crippen LogP contribution is -2.39. The number of rotatable bonds is 5. The van der Waals surface area contributed by atoms with Crippen molar-refractivity contribution < 1.29 is 28.2 Å². The maximum atomic E-state index is 12.9. The van der Waals surface area contributed by atoms with Gasteiger partial charge in [-0.05, 0) is 44.9 Å². The molecule has 1 aromatic carbocycles. The lowest BCUT2D eigenvalue weighted by Gasteiger charge is -2.24. The maximum Gasteiger partial charge on any atom is 0.410 e. The Labute approximate surface area is 164 Å². The third-order valence-electron chi connectivity index (χ3n) is 4.44. The van der Waals surface area contributed by atoms with Crippen LogP contribution in [0.1, 0.15) is 26.3 Å². The van der Waals surface area contributed by atoms with Crippen molar-refractivity contribution in [3.05, 3.63) is 35.6 Å². The largest absolute Gasteiger partial charge is 0.469 e. The van der Waals surface area contributed by atoms with Crippen molar-refractivity contribution in [2.24, 2.45) is 11.8 Å². The molecule has 1 N–H and O–H groups in total. The van der Waals surface area contributed by atoms with Gasteiger partial charge in [0.2, 0.25) is 5.91 Å². The highest BCUT2D eigenvalue weighted by molar-refractivity contribution is 5.87. The fraction of sp³-hybridized carbons (Fsp3) is 0.550. The molecular formula is C20H27FN2O5. The molecule has 0 aromatic heterocycles. The van der Waals surface area contributed by atoms with Gasteiger partial charge in [0.05, 0.1) is 18.9 Å². The van der Waals surface area contributed by atoms with E-state index in [0.717, 1.165) is 5.56 Å². The number of nitrogens with zero attached hydrogens (tertiary/aromatic N) is 1. The number of ether oxygens (including phenoxy) is 2. The summed E-state index contributed by atoms with van der Waals surface area (Å²) >= 11 is 0. The zero-order valence-corrected chi connectivity index (χ0v) is 16.7. The molecule has 0 radical (unpaired) electrons. The third kappa shape index (κ3) is 5.94. The minimum Gasteiger partial charge on any atom is -0.469 e. The number of nitrogens with one attached hydrogen (secondary N) is 1. The molecule has 1 saturated heterocycles. The summed E-state index contributed by atoms with van der Waals surface area (Å²) in [6.07, 6.45) is -0.0414. The minimum atomic E-state index is -0.747. The fourth-order valence-corrected chi connectivity index (χ4v) is 3.05. The summed E-state index contributed by atoms with van der Waals surface area (Å²) in [5.74, 6) is -2.65. The zero-order valence-electron chi connectivity index (χ0n) is 16.7. The van der Waals surface area contributed by atoms with Gasteiger partial charge >= 0.3 is 12.1 Å². The van der Waals surface area contributed by atoms with Gasteiger partial charge < -0.3 is 19.7 Å². The van der Waals surface area contributed by atoms with Crippen molar-refractivity contribution in [2.45, 2.75) is 32.8 Å². The molecule has 1 fully saturated rings. The van der Waals surface area contributed by atoms with E-state index in [1.54, 1.807) is 32.9 Å². The second kappa shape index (κ2) is 9.03. The number of likely N-dealkylation sites (tertiary alicyclic amines) is 1. The summed E-state index contributed by atoms with van der Waals surface area (Å²) in [7, 11) is 1.25. The quantitative estimate of drug-likeness (QED) is 0.774. The molecule has 0 unspecified atom stereocenters. The lowest BCUT2D eigenvalue weighted by atomic mass is 9.95. The van der Waals surface area contributed by atoms with E-state index in [2.05, 4.69) is 5.32 Å². The Morgan fingerprint density at radius 3 is 2.32 bits per heavy atom. The first-order valence-corrected chi connectivity index (χ1v) is 9.18. The molecule has 2 amide bonds. The average Bonchev–Trinajstić information content (AvgIpc) is 3.07. The number of halogens is 1. The Kier molecular flexibility index (Phi) is 6.99. The molecule has 154 valence electrons. The Morgan fingerprint density at radius 2 is 1.75 bits per heavy atom. The van der Waals surface area contributed by atoms with Crippen molar-refractivity contribution in [1.82, 2.24) is 10.2 Å². The molecule has 1 aromatic rings. The molecule has 28 heavy (non-hydrogen) atoms. The first-order chi connectivity index (χ1) is 13.1. The lowest BCUT2D eigenvalue weighted by molar-refractivity contribution is -0.148. The average molecular weight is 394 g/mol. The van der Waals surface area contributed by atoms with Gasteiger partial charge in [-0.15, -0.1) is 0 Å². The second-order valence-corrected chi connectivity index (χ2v) is 7.79. The number of benzene rings is 1. The summed E-state index contributed by atoms with van der Waals surface area (Å²) in [6, 6.07) is 6.03. The number of hydrogen-bond donors (Lipinski definition) is 1. The van der Waals surface area contributed by atoms with Gasteiger partial charge in [-0.25, -0.2) is 9.18 Å². The highest BCUT2D eigenvalue weighted by atomic mass is 19.1. The van der Waals surface area contributed by atoms with E-state index in [0.29, 0.717) is 13.0 Å². The van der Waals surface area contributed by atoms with E-state index < -0.39 is 29.5 Å². The predicted molar refractivity (Wildman–Crippen MR) is 99.9 cm³/mol. The Hall–Kier alpha value is -2.64. The second-order valence-electron chi connectivity index (χ2n) is 7.79. The summed E-state index contributed by atoms with van der Waals surface area (Å²) in [6.45, 7) is 5.73. The monoisotopic (exact) mass is 394 g/mol. The van der Waals surface area contributed by atoms with Gasteiger partial charge in [0.1, 0.15) is 11.4 Å². The van der Waals surface area contributed by atoms with E-state index in [4.69, 9.17) is 9.47 Å². The summed E-state index contributed by atoms with van der Waals surface area (Å²) in [5, 5.41) is 2.79. The summed E-state index contributed by atoms with van der Waals surface area (Å²) < 4.78 is 23.1. The minimum absolute atomic E-state index is 0.0671. The standard InChI is InChI=1S/C20H27FN2O5/c1-20(2,3)28-19(26)23-11-15(16(12-23)18(25)27-4)17(24)22-10-9-13-5-7-14(21)8-6-13/h5-8,15-16H,9-12H2,1-4H3,(H,22,24)/t15-,16-/m0/s1. The van der Waals surface area contributed by atoms with Gasteiger partial charge in [0.15, 0.2) is 0 Å². The van der Waals surface area contributed by atoms with Crippen LogP contribution in [0.3, 0.4) is 0 Å². The molecule has 1 aliphatic heterocycles.